The number of carbonyl (C=O) groups excluding carboxylic acids is 1. The van der Waals surface area contributed by atoms with Gasteiger partial charge in [0, 0.05) is 31.5 Å². The molecule has 0 aromatic heterocycles. The topological polar surface area (TPSA) is 103 Å². The van der Waals surface area contributed by atoms with Crippen molar-refractivity contribution in [3.8, 4) is 11.5 Å². The third-order valence-electron chi connectivity index (χ3n) is 2.43. The molecule has 0 bridgehead atoms. The van der Waals surface area contributed by atoms with E-state index in [9.17, 15) is 9.90 Å². The van der Waals surface area contributed by atoms with E-state index in [1.807, 2.05) is 0 Å². The summed E-state index contributed by atoms with van der Waals surface area (Å²) in [4.78, 5) is 10.9. The average molecular weight is 284 g/mol. The minimum Gasteiger partial charge on any atom is -0.545 e. The number of anilines is 1. The van der Waals surface area contributed by atoms with Crippen LogP contribution >= 0.6 is 0 Å². The summed E-state index contributed by atoms with van der Waals surface area (Å²) in [5.74, 6) is -0.755. The Morgan fingerprint density at radius 1 is 1.05 bits per heavy atom. The zero-order valence-corrected chi connectivity index (χ0v) is 11.5. The van der Waals surface area contributed by atoms with Gasteiger partial charge < -0.3 is 34.6 Å². The van der Waals surface area contributed by atoms with Gasteiger partial charge in [-0.05, 0) is 6.07 Å². The van der Waals surface area contributed by atoms with Gasteiger partial charge in [0.25, 0.3) is 0 Å². The molecule has 0 saturated heterocycles. The van der Waals surface area contributed by atoms with Gasteiger partial charge in [0.2, 0.25) is 0 Å². The van der Waals surface area contributed by atoms with Crippen molar-refractivity contribution in [2.45, 2.75) is 0 Å². The predicted octanol–water partition coefficient (Wildman–Crippen LogP) is -0.317. The van der Waals surface area contributed by atoms with E-state index in [1.54, 1.807) is 7.11 Å². The predicted molar refractivity (Wildman–Crippen MR) is 69.9 cm³/mol. The first kappa shape index (κ1) is 16.1. The van der Waals surface area contributed by atoms with Gasteiger partial charge in [0.15, 0.2) is 11.5 Å². The molecule has 0 unspecified atom stereocenters. The molecule has 0 heterocycles. The lowest BCUT2D eigenvalue weighted by atomic mass is 10.1. The number of nitrogens with two attached hydrogens (primary N) is 1. The Kier molecular flexibility index (Phi) is 6.61. The minimum absolute atomic E-state index is 0.0523. The molecule has 20 heavy (non-hydrogen) atoms. The van der Waals surface area contributed by atoms with E-state index >= 15 is 0 Å². The molecule has 1 rings (SSSR count). The van der Waals surface area contributed by atoms with Gasteiger partial charge in [-0.25, -0.2) is 0 Å². The van der Waals surface area contributed by atoms with Crippen LogP contribution in [0.5, 0.6) is 11.5 Å². The van der Waals surface area contributed by atoms with E-state index in [0.717, 1.165) is 0 Å². The Balaban J connectivity index is 2.93. The van der Waals surface area contributed by atoms with Crippen LogP contribution in [0.25, 0.3) is 0 Å². The molecule has 112 valence electrons. The third-order valence-corrected chi connectivity index (χ3v) is 2.43. The van der Waals surface area contributed by atoms with Crippen molar-refractivity contribution in [3.63, 3.8) is 0 Å². The van der Waals surface area contributed by atoms with Gasteiger partial charge in [0.1, 0.15) is 13.2 Å². The van der Waals surface area contributed by atoms with Crippen molar-refractivity contribution in [2.24, 2.45) is 0 Å². The maximum absolute atomic E-state index is 10.9. The molecule has 0 fully saturated rings. The first-order valence-electron chi connectivity index (χ1n) is 5.98. The second-order valence-corrected chi connectivity index (χ2v) is 3.86. The quantitative estimate of drug-likeness (QED) is 0.489. The van der Waals surface area contributed by atoms with Crippen molar-refractivity contribution in [1.82, 2.24) is 0 Å². The van der Waals surface area contributed by atoms with Crippen molar-refractivity contribution < 1.29 is 28.8 Å². The summed E-state index contributed by atoms with van der Waals surface area (Å²) in [5, 5.41) is 10.9. The zero-order valence-electron chi connectivity index (χ0n) is 11.5. The molecule has 1 aromatic rings. The van der Waals surface area contributed by atoms with Crippen LogP contribution in [0.15, 0.2) is 12.1 Å². The maximum atomic E-state index is 10.9. The summed E-state index contributed by atoms with van der Waals surface area (Å²) in [6.07, 6.45) is 0. The van der Waals surface area contributed by atoms with E-state index in [2.05, 4.69) is 0 Å². The fourth-order valence-corrected chi connectivity index (χ4v) is 1.45. The molecule has 0 aliphatic rings. The van der Waals surface area contributed by atoms with Gasteiger partial charge in [-0.3, -0.25) is 0 Å². The minimum atomic E-state index is -1.37. The van der Waals surface area contributed by atoms with Gasteiger partial charge >= 0.3 is 0 Å². The van der Waals surface area contributed by atoms with Gasteiger partial charge in [-0.15, -0.1) is 0 Å². The fraction of sp³-hybridized carbons (Fsp3) is 0.462. The van der Waals surface area contributed by atoms with Gasteiger partial charge in [-0.1, -0.05) is 0 Å². The number of hydrogen-bond acceptors (Lipinski definition) is 7. The highest BCUT2D eigenvalue weighted by Gasteiger charge is 2.11. The van der Waals surface area contributed by atoms with Crippen LogP contribution in [0.4, 0.5) is 5.69 Å². The monoisotopic (exact) mass is 284 g/mol. The number of aromatic carboxylic acids is 1. The number of methoxy groups -OCH3 is 2. The Morgan fingerprint density at radius 3 is 2.00 bits per heavy atom. The van der Waals surface area contributed by atoms with Crippen molar-refractivity contribution >= 4 is 11.7 Å². The van der Waals surface area contributed by atoms with Crippen molar-refractivity contribution in [2.75, 3.05) is 46.4 Å². The van der Waals surface area contributed by atoms with E-state index < -0.39 is 5.97 Å². The van der Waals surface area contributed by atoms with Crippen LogP contribution in [0.3, 0.4) is 0 Å². The first-order valence-corrected chi connectivity index (χ1v) is 5.98. The highest BCUT2D eigenvalue weighted by Crippen LogP contribution is 2.32. The van der Waals surface area contributed by atoms with E-state index in [1.165, 1.54) is 19.2 Å². The maximum Gasteiger partial charge on any atom is 0.163 e. The number of carboxylic acid groups (broad SMARTS) is 1. The molecule has 1 aromatic carbocycles. The molecule has 0 aliphatic heterocycles. The highest BCUT2D eigenvalue weighted by molar-refractivity contribution is 5.93. The normalized spacial score (nSPS) is 10.3. The number of carboxylic acids is 1. The second kappa shape index (κ2) is 8.23. The molecule has 2 N–H and O–H groups in total. The van der Waals surface area contributed by atoms with Crippen LogP contribution in [0.1, 0.15) is 10.4 Å². The molecule has 0 saturated carbocycles. The summed E-state index contributed by atoms with van der Waals surface area (Å²) in [6.45, 7) is 1.30. The van der Waals surface area contributed by atoms with E-state index in [4.69, 9.17) is 24.7 Å². The number of benzene rings is 1. The summed E-state index contributed by atoms with van der Waals surface area (Å²) >= 11 is 0. The number of nitrogen functional groups attached to an aromatic ring is 1. The molecular weight excluding hydrogens is 266 g/mol. The Bertz CT molecular complexity index is 449. The lowest BCUT2D eigenvalue weighted by Crippen LogP contribution is -2.23. The fourth-order valence-electron chi connectivity index (χ4n) is 1.45. The lowest BCUT2D eigenvalue weighted by Gasteiger charge is -2.16. The summed E-state index contributed by atoms with van der Waals surface area (Å²) in [6, 6.07) is 2.67. The lowest BCUT2D eigenvalue weighted by molar-refractivity contribution is -0.254. The molecule has 0 amide bonds. The van der Waals surface area contributed by atoms with E-state index in [-0.39, 0.29) is 23.6 Å². The Morgan fingerprint density at radius 2 is 1.55 bits per heavy atom. The number of rotatable bonds is 9. The zero-order chi connectivity index (χ0) is 15.0. The standard InChI is InChI=1S/C13H19NO6/c1-17-3-5-19-11-7-9(13(15)16)10(14)8-12(11)20-6-4-18-2/h7-8H,3-6,14H2,1-2H3,(H,15,16)/p-1. The summed E-state index contributed by atoms with van der Waals surface area (Å²) < 4.78 is 20.6. The second-order valence-electron chi connectivity index (χ2n) is 3.86. The van der Waals surface area contributed by atoms with Crippen molar-refractivity contribution in [3.05, 3.63) is 17.7 Å². The van der Waals surface area contributed by atoms with Crippen molar-refractivity contribution in [1.29, 1.82) is 0 Å². The van der Waals surface area contributed by atoms with Gasteiger partial charge in [-0.2, -0.15) is 0 Å². The van der Waals surface area contributed by atoms with E-state index in [0.29, 0.717) is 25.6 Å². The van der Waals surface area contributed by atoms with Crippen LogP contribution in [0.2, 0.25) is 0 Å². The molecule has 0 atom stereocenters. The largest absolute Gasteiger partial charge is 0.545 e. The molecule has 0 spiro atoms. The molecule has 7 heteroatoms. The summed E-state index contributed by atoms with van der Waals surface area (Å²) in [7, 11) is 3.09. The molecule has 0 radical (unpaired) electrons. The van der Waals surface area contributed by atoms with Crippen LogP contribution in [0, 0.1) is 0 Å². The molecular formula is C13H18NO6-. The Labute approximate surface area is 117 Å². The SMILES string of the molecule is COCCOc1cc(N)c(C(=O)[O-])cc1OCCOC. The molecule has 0 aliphatic carbocycles. The van der Waals surface area contributed by atoms with Crippen LogP contribution in [-0.2, 0) is 9.47 Å². The number of hydrogen-bond donors (Lipinski definition) is 1. The van der Waals surface area contributed by atoms with Crippen LogP contribution < -0.4 is 20.3 Å². The molecule has 7 nitrogen and oxygen atoms in total. The first-order chi connectivity index (χ1) is 9.60. The average Bonchev–Trinajstić information content (AvgIpc) is 2.41. The number of carbonyl (C=O) groups is 1. The highest BCUT2D eigenvalue weighted by atomic mass is 16.5. The number of ether oxygens (including phenoxy) is 4. The van der Waals surface area contributed by atoms with Crippen LogP contribution in [-0.4, -0.2) is 46.6 Å². The summed E-state index contributed by atoms with van der Waals surface area (Å²) in [5.41, 5.74) is 5.55. The third kappa shape index (κ3) is 4.60. The Hall–Kier alpha value is -1.99. The van der Waals surface area contributed by atoms with Gasteiger partial charge in [0.05, 0.1) is 19.2 Å². The smallest absolute Gasteiger partial charge is 0.163 e.